The Morgan fingerprint density at radius 1 is 1.00 bits per heavy atom. The van der Waals surface area contributed by atoms with Crippen LogP contribution in [0.25, 0.3) is 11.1 Å². The fraction of sp³-hybridized carbons (Fsp3) is 0.111. The van der Waals surface area contributed by atoms with Gasteiger partial charge in [0.05, 0.1) is 27.8 Å². The Bertz CT molecular complexity index is 1130. The van der Waals surface area contributed by atoms with E-state index in [4.69, 9.17) is 10.8 Å². The van der Waals surface area contributed by atoms with E-state index in [0.717, 1.165) is 12.3 Å². The van der Waals surface area contributed by atoms with Crippen LogP contribution in [0.4, 0.5) is 11.4 Å². The number of hydrogen-bond donors (Lipinski definition) is 2. The highest BCUT2D eigenvalue weighted by atomic mass is 16.6. The van der Waals surface area contributed by atoms with Gasteiger partial charge in [0.1, 0.15) is 11.4 Å². The Balaban J connectivity index is 0.000000232. The Morgan fingerprint density at radius 2 is 1.60 bits per heavy atom. The second-order valence-corrected chi connectivity index (χ2v) is 6.09. The summed E-state index contributed by atoms with van der Waals surface area (Å²) in [7, 11) is 3.00. The molecule has 3 N–H and O–H groups in total. The molecule has 2 heterocycles. The largest absolute Gasteiger partial charge is 0.477 e. The molecule has 1 amide bonds. The highest BCUT2D eigenvalue weighted by Crippen LogP contribution is 2.34. The van der Waals surface area contributed by atoms with Crippen LogP contribution in [-0.2, 0) is 14.1 Å². The van der Waals surface area contributed by atoms with E-state index in [1.54, 1.807) is 37.4 Å². The molecule has 0 unspecified atom stereocenters. The third-order valence-electron chi connectivity index (χ3n) is 4.07. The third kappa shape index (κ3) is 4.49. The Kier molecular flexibility index (Phi) is 6.32. The molecule has 156 valence electrons. The number of nitrogens with zero attached hydrogens (tertiary/aromatic N) is 4. The Hall–Kier alpha value is -4.48. The summed E-state index contributed by atoms with van der Waals surface area (Å²) >= 11 is 0. The molecule has 0 atom stereocenters. The molecule has 0 saturated carbocycles. The number of aromatic nitrogens is 2. The van der Waals surface area contributed by atoms with Crippen molar-refractivity contribution in [3.8, 4) is 11.1 Å². The summed E-state index contributed by atoms with van der Waals surface area (Å²) in [6.45, 7) is 0. The molecule has 3 aromatic rings. The van der Waals surface area contributed by atoms with Gasteiger partial charge in [-0.25, -0.2) is 4.79 Å². The van der Waals surface area contributed by atoms with Gasteiger partial charge in [0.2, 0.25) is 0 Å². The van der Waals surface area contributed by atoms with Gasteiger partial charge in [0.15, 0.2) is 0 Å². The monoisotopic (exact) mass is 415 g/mol. The summed E-state index contributed by atoms with van der Waals surface area (Å²) in [5.74, 6) is -1.87. The molecule has 12 nitrogen and oxygen atoms in total. The van der Waals surface area contributed by atoms with Crippen molar-refractivity contribution < 1.29 is 24.5 Å². The predicted molar refractivity (Wildman–Crippen MR) is 105 cm³/mol. The number of carboxylic acid groups (broad SMARTS) is 1. The summed E-state index contributed by atoms with van der Waals surface area (Å²) in [5.41, 5.74) is 5.84. The number of rotatable bonds is 5. The maximum absolute atomic E-state index is 11.4. The maximum atomic E-state index is 11.4. The molecule has 12 heteroatoms. The summed E-state index contributed by atoms with van der Waals surface area (Å²) in [5, 5.41) is 29.7. The van der Waals surface area contributed by atoms with E-state index in [2.05, 4.69) is 0 Å². The van der Waals surface area contributed by atoms with Gasteiger partial charge in [-0.3, -0.25) is 25.0 Å². The molecule has 0 radical (unpaired) electrons. The molecule has 0 spiro atoms. The molecule has 0 saturated heterocycles. The van der Waals surface area contributed by atoms with Crippen LogP contribution in [0.3, 0.4) is 0 Å². The van der Waals surface area contributed by atoms with Crippen molar-refractivity contribution in [2.24, 2.45) is 19.8 Å². The van der Waals surface area contributed by atoms with Crippen LogP contribution in [0.15, 0.2) is 48.8 Å². The van der Waals surface area contributed by atoms with Crippen LogP contribution in [0.1, 0.15) is 21.0 Å². The first-order valence-electron chi connectivity index (χ1n) is 8.27. The number of primary amides is 1. The molecule has 2 aromatic heterocycles. The highest BCUT2D eigenvalue weighted by molar-refractivity contribution is 6.01. The van der Waals surface area contributed by atoms with E-state index in [1.807, 2.05) is 0 Å². The number of nitrogens with two attached hydrogens (primary N) is 1. The second kappa shape index (κ2) is 8.68. The number of benzene rings is 1. The average Bonchev–Trinajstić information content (AvgIpc) is 3.23. The molecule has 0 bridgehead atoms. The van der Waals surface area contributed by atoms with E-state index < -0.39 is 21.7 Å². The number of carbonyl (C=O) groups is 2. The molecule has 0 fully saturated rings. The molecule has 0 aliphatic heterocycles. The fourth-order valence-corrected chi connectivity index (χ4v) is 2.79. The minimum absolute atomic E-state index is 0.0956. The highest BCUT2D eigenvalue weighted by Gasteiger charge is 2.26. The minimum Gasteiger partial charge on any atom is -0.477 e. The van der Waals surface area contributed by atoms with Gasteiger partial charge >= 0.3 is 5.97 Å². The number of carbonyl (C=O) groups excluding carboxylic acids is 1. The number of hydrogen-bond acceptors (Lipinski definition) is 6. The van der Waals surface area contributed by atoms with Crippen LogP contribution in [0.5, 0.6) is 0 Å². The minimum atomic E-state index is -1.18. The molecule has 0 aliphatic rings. The second-order valence-electron chi connectivity index (χ2n) is 6.09. The summed E-state index contributed by atoms with van der Waals surface area (Å²) in [6.07, 6.45) is 2.45. The number of nitro groups is 2. The zero-order valence-electron chi connectivity index (χ0n) is 15.9. The molecular weight excluding hydrogens is 398 g/mol. The maximum Gasteiger partial charge on any atom is 0.352 e. The van der Waals surface area contributed by atoms with Crippen molar-refractivity contribution in [2.75, 3.05) is 0 Å². The van der Waals surface area contributed by atoms with Gasteiger partial charge in [0, 0.05) is 20.2 Å². The van der Waals surface area contributed by atoms with Crippen molar-refractivity contribution in [3.63, 3.8) is 0 Å². The van der Waals surface area contributed by atoms with Gasteiger partial charge in [0.25, 0.3) is 17.3 Å². The first-order valence-corrected chi connectivity index (χ1v) is 8.27. The van der Waals surface area contributed by atoms with E-state index in [9.17, 15) is 29.8 Å². The smallest absolute Gasteiger partial charge is 0.352 e. The lowest BCUT2D eigenvalue weighted by molar-refractivity contribution is -0.384. The molecular formula is C18H17N5O7. The first-order chi connectivity index (χ1) is 14.0. The Morgan fingerprint density at radius 3 is 2.00 bits per heavy atom. The standard InChI is InChI=1S/C12H11N3O3.C6H6N2O4/c1-14-7-9(15(17)18)10(11(14)12(13)16)8-5-3-2-4-6-8;1-7-3-4(8(11)12)2-5(7)6(9)10/h2-7H,1H3,(H2,13,16);2-3H,1H3,(H,9,10). The topological polar surface area (TPSA) is 177 Å². The fourth-order valence-electron chi connectivity index (χ4n) is 2.79. The summed E-state index contributed by atoms with van der Waals surface area (Å²) in [4.78, 5) is 41.9. The van der Waals surface area contributed by atoms with Gasteiger partial charge in [-0.2, -0.15) is 0 Å². The summed E-state index contributed by atoms with van der Waals surface area (Å²) < 4.78 is 2.57. The number of aryl methyl sites for hydroxylation is 2. The van der Waals surface area contributed by atoms with Gasteiger partial charge in [-0.15, -0.1) is 0 Å². The van der Waals surface area contributed by atoms with E-state index in [-0.39, 0.29) is 28.3 Å². The lowest BCUT2D eigenvalue weighted by Gasteiger charge is -2.02. The van der Waals surface area contributed by atoms with E-state index in [1.165, 1.54) is 22.4 Å². The molecule has 3 rings (SSSR count). The average molecular weight is 415 g/mol. The molecule has 1 aromatic carbocycles. The van der Waals surface area contributed by atoms with Crippen LogP contribution < -0.4 is 5.73 Å². The van der Waals surface area contributed by atoms with Gasteiger partial charge in [-0.05, 0) is 5.56 Å². The SMILES string of the molecule is Cn1cc([N+](=O)[O-])c(-c2ccccc2)c1C(N)=O.Cn1cc([N+](=O)[O-])cc1C(=O)O. The number of amides is 1. The van der Waals surface area contributed by atoms with Crippen molar-refractivity contribution >= 4 is 23.3 Å². The lowest BCUT2D eigenvalue weighted by atomic mass is 10.0. The van der Waals surface area contributed by atoms with Crippen LogP contribution >= 0.6 is 0 Å². The summed E-state index contributed by atoms with van der Waals surface area (Å²) in [6, 6.07) is 9.71. The van der Waals surface area contributed by atoms with Gasteiger partial charge in [-0.1, -0.05) is 30.3 Å². The molecule has 0 aliphatic carbocycles. The van der Waals surface area contributed by atoms with Crippen LogP contribution in [0, 0.1) is 20.2 Å². The predicted octanol–water partition coefficient (Wildman–Crippen LogP) is 2.33. The zero-order valence-corrected chi connectivity index (χ0v) is 15.9. The normalized spacial score (nSPS) is 10.1. The van der Waals surface area contributed by atoms with E-state index in [0.29, 0.717) is 5.56 Å². The van der Waals surface area contributed by atoms with Crippen LogP contribution in [-0.4, -0.2) is 36.0 Å². The quantitative estimate of drug-likeness (QED) is 0.474. The van der Waals surface area contributed by atoms with Crippen molar-refractivity contribution in [3.05, 3.63) is 80.4 Å². The van der Waals surface area contributed by atoms with E-state index >= 15 is 0 Å². The lowest BCUT2D eigenvalue weighted by Crippen LogP contribution is -2.16. The first kappa shape index (κ1) is 21.8. The Labute approximate surface area is 169 Å². The zero-order chi connectivity index (χ0) is 22.6. The van der Waals surface area contributed by atoms with Gasteiger partial charge < -0.3 is 20.0 Å². The number of aromatic carboxylic acids is 1. The third-order valence-corrected chi connectivity index (χ3v) is 4.07. The van der Waals surface area contributed by atoms with Crippen LogP contribution in [0.2, 0.25) is 0 Å². The van der Waals surface area contributed by atoms with Crippen molar-refractivity contribution in [1.29, 1.82) is 0 Å². The number of carboxylic acids is 1. The molecule has 30 heavy (non-hydrogen) atoms. The van der Waals surface area contributed by atoms with Crippen molar-refractivity contribution in [1.82, 2.24) is 9.13 Å². The van der Waals surface area contributed by atoms with Crippen molar-refractivity contribution in [2.45, 2.75) is 0 Å².